The van der Waals surface area contributed by atoms with Gasteiger partial charge in [-0.3, -0.25) is 0 Å². The molecular formula is C13H17N3. The van der Waals surface area contributed by atoms with Crippen LogP contribution in [0.3, 0.4) is 0 Å². The van der Waals surface area contributed by atoms with E-state index in [1.165, 1.54) is 5.52 Å². The second-order valence-electron chi connectivity index (χ2n) is 3.83. The average molecular weight is 215 g/mol. The summed E-state index contributed by atoms with van der Waals surface area (Å²) >= 11 is 0. The molecule has 16 heavy (non-hydrogen) atoms. The van der Waals surface area contributed by atoms with E-state index < -0.39 is 0 Å². The molecule has 0 bridgehead atoms. The zero-order chi connectivity index (χ0) is 11.4. The fraction of sp³-hybridized carbons (Fsp3) is 0.308. The highest BCUT2D eigenvalue weighted by atomic mass is 15.1. The summed E-state index contributed by atoms with van der Waals surface area (Å²) in [5, 5.41) is 3.35. The molecule has 2 rings (SSSR count). The SMILES string of the molecule is C=CCCNCc1nc2ccccc2n1C. The molecule has 0 saturated heterocycles. The molecule has 1 aromatic carbocycles. The first-order valence-corrected chi connectivity index (χ1v) is 5.55. The Balaban J connectivity index is 2.12. The molecule has 0 fully saturated rings. The van der Waals surface area contributed by atoms with Crippen molar-refractivity contribution in [3.05, 3.63) is 42.7 Å². The lowest BCUT2D eigenvalue weighted by Crippen LogP contribution is -2.16. The van der Waals surface area contributed by atoms with Gasteiger partial charge >= 0.3 is 0 Å². The van der Waals surface area contributed by atoms with E-state index in [-0.39, 0.29) is 0 Å². The maximum Gasteiger partial charge on any atom is 0.123 e. The average Bonchev–Trinajstić information content (AvgIpc) is 2.63. The Kier molecular flexibility index (Phi) is 3.37. The van der Waals surface area contributed by atoms with E-state index in [0.717, 1.165) is 30.9 Å². The van der Waals surface area contributed by atoms with Crippen LogP contribution < -0.4 is 5.32 Å². The van der Waals surface area contributed by atoms with Gasteiger partial charge in [0.1, 0.15) is 5.82 Å². The summed E-state index contributed by atoms with van der Waals surface area (Å²) in [6, 6.07) is 8.20. The van der Waals surface area contributed by atoms with Gasteiger partial charge in [0.05, 0.1) is 17.6 Å². The fourth-order valence-electron chi connectivity index (χ4n) is 1.76. The van der Waals surface area contributed by atoms with Crippen molar-refractivity contribution in [3.63, 3.8) is 0 Å². The zero-order valence-electron chi connectivity index (χ0n) is 9.61. The van der Waals surface area contributed by atoms with Crippen molar-refractivity contribution in [2.24, 2.45) is 7.05 Å². The Morgan fingerprint density at radius 1 is 1.44 bits per heavy atom. The molecule has 0 aliphatic rings. The Labute approximate surface area is 95.8 Å². The van der Waals surface area contributed by atoms with Crippen LogP contribution in [-0.4, -0.2) is 16.1 Å². The van der Waals surface area contributed by atoms with E-state index in [4.69, 9.17) is 0 Å². The second-order valence-corrected chi connectivity index (χ2v) is 3.83. The zero-order valence-corrected chi connectivity index (χ0v) is 9.61. The van der Waals surface area contributed by atoms with Gasteiger partial charge in [0.25, 0.3) is 0 Å². The molecular weight excluding hydrogens is 198 g/mol. The van der Waals surface area contributed by atoms with E-state index in [2.05, 4.69) is 34.6 Å². The number of benzene rings is 1. The van der Waals surface area contributed by atoms with Gasteiger partial charge in [-0.25, -0.2) is 4.98 Å². The molecule has 1 aromatic heterocycles. The molecule has 84 valence electrons. The third-order valence-corrected chi connectivity index (χ3v) is 2.69. The topological polar surface area (TPSA) is 29.9 Å². The van der Waals surface area contributed by atoms with Gasteiger partial charge < -0.3 is 9.88 Å². The molecule has 3 heteroatoms. The van der Waals surface area contributed by atoms with Gasteiger partial charge in [-0.1, -0.05) is 18.2 Å². The lowest BCUT2D eigenvalue weighted by molar-refractivity contribution is 0.647. The minimum Gasteiger partial charge on any atom is -0.330 e. The number of rotatable bonds is 5. The van der Waals surface area contributed by atoms with Crippen LogP contribution in [0.1, 0.15) is 12.2 Å². The normalized spacial score (nSPS) is 10.8. The van der Waals surface area contributed by atoms with E-state index in [9.17, 15) is 0 Å². The predicted molar refractivity (Wildman–Crippen MR) is 67.2 cm³/mol. The first-order chi connectivity index (χ1) is 7.83. The van der Waals surface area contributed by atoms with E-state index in [1.807, 2.05) is 24.3 Å². The van der Waals surface area contributed by atoms with Crippen LogP contribution in [0, 0.1) is 0 Å². The van der Waals surface area contributed by atoms with Crippen molar-refractivity contribution in [3.8, 4) is 0 Å². The van der Waals surface area contributed by atoms with Gasteiger partial charge in [0.2, 0.25) is 0 Å². The van der Waals surface area contributed by atoms with Gasteiger partial charge in [0.15, 0.2) is 0 Å². The third kappa shape index (κ3) is 2.14. The van der Waals surface area contributed by atoms with Crippen LogP contribution in [0.15, 0.2) is 36.9 Å². The highest BCUT2D eigenvalue weighted by Gasteiger charge is 2.05. The summed E-state index contributed by atoms with van der Waals surface area (Å²) in [5.74, 6) is 1.07. The van der Waals surface area contributed by atoms with Gasteiger partial charge in [-0.2, -0.15) is 0 Å². The summed E-state index contributed by atoms with van der Waals surface area (Å²) in [5.41, 5.74) is 2.24. The molecule has 0 aliphatic carbocycles. The van der Waals surface area contributed by atoms with Crippen LogP contribution in [0.4, 0.5) is 0 Å². The van der Waals surface area contributed by atoms with Crippen LogP contribution in [0.5, 0.6) is 0 Å². The van der Waals surface area contributed by atoms with Crippen LogP contribution in [0.2, 0.25) is 0 Å². The lowest BCUT2D eigenvalue weighted by Gasteiger charge is -2.03. The Hall–Kier alpha value is -1.61. The number of imidazole rings is 1. The number of nitrogens with one attached hydrogen (secondary N) is 1. The maximum atomic E-state index is 4.58. The largest absolute Gasteiger partial charge is 0.330 e. The molecule has 0 saturated carbocycles. The Bertz CT molecular complexity index is 485. The molecule has 0 aliphatic heterocycles. The first-order valence-electron chi connectivity index (χ1n) is 5.55. The maximum absolute atomic E-state index is 4.58. The predicted octanol–water partition coefficient (Wildman–Crippen LogP) is 2.24. The van der Waals surface area contributed by atoms with Crippen molar-refractivity contribution >= 4 is 11.0 Å². The van der Waals surface area contributed by atoms with Crippen LogP contribution >= 0.6 is 0 Å². The molecule has 1 heterocycles. The molecule has 3 nitrogen and oxygen atoms in total. The summed E-state index contributed by atoms with van der Waals surface area (Å²) in [6.45, 7) is 5.45. The number of para-hydroxylation sites is 2. The Morgan fingerprint density at radius 2 is 2.25 bits per heavy atom. The number of hydrogen-bond donors (Lipinski definition) is 1. The Morgan fingerprint density at radius 3 is 3.00 bits per heavy atom. The van der Waals surface area contributed by atoms with Crippen LogP contribution in [0.25, 0.3) is 11.0 Å². The molecule has 0 radical (unpaired) electrons. The highest BCUT2D eigenvalue weighted by molar-refractivity contribution is 5.75. The van der Waals surface area contributed by atoms with E-state index in [0.29, 0.717) is 0 Å². The van der Waals surface area contributed by atoms with Crippen LogP contribution in [-0.2, 0) is 13.6 Å². The number of fused-ring (bicyclic) bond motifs is 1. The van der Waals surface area contributed by atoms with Crippen molar-refractivity contribution in [1.29, 1.82) is 0 Å². The molecule has 1 N–H and O–H groups in total. The molecule has 2 aromatic rings. The third-order valence-electron chi connectivity index (χ3n) is 2.69. The second kappa shape index (κ2) is 4.94. The smallest absolute Gasteiger partial charge is 0.123 e. The summed E-state index contributed by atoms with van der Waals surface area (Å²) in [4.78, 5) is 4.58. The highest BCUT2D eigenvalue weighted by Crippen LogP contribution is 2.13. The van der Waals surface area contributed by atoms with Gasteiger partial charge in [-0.15, -0.1) is 6.58 Å². The minimum atomic E-state index is 0.805. The molecule has 0 amide bonds. The molecule has 0 spiro atoms. The number of hydrogen-bond acceptors (Lipinski definition) is 2. The summed E-state index contributed by atoms with van der Waals surface area (Å²) < 4.78 is 2.14. The van der Waals surface area contributed by atoms with Crippen molar-refractivity contribution < 1.29 is 0 Å². The monoisotopic (exact) mass is 215 g/mol. The first kappa shape index (κ1) is 10.9. The summed E-state index contributed by atoms with van der Waals surface area (Å²) in [6.07, 6.45) is 2.91. The van der Waals surface area contributed by atoms with Crippen molar-refractivity contribution in [2.75, 3.05) is 6.54 Å². The van der Waals surface area contributed by atoms with Gasteiger partial charge in [-0.05, 0) is 25.1 Å². The van der Waals surface area contributed by atoms with E-state index >= 15 is 0 Å². The minimum absolute atomic E-state index is 0.805. The van der Waals surface area contributed by atoms with Crippen molar-refractivity contribution in [1.82, 2.24) is 14.9 Å². The molecule has 0 atom stereocenters. The number of nitrogens with zero attached hydrogens (tertiary/aromatic N) is 2. The lowest BCUT2D eigenvalue weighted by atomic mass is 10.3. The number of aryl methyl sites for hydroxylation is 1. The summed E-state index contributed by atoms with van der Waals surface area (Å²) in [7, 11) is 2.06. The fourth-order valence-corrected chi connectivity index (χ4v) is 1.76. The van der Waals surface area contributed by atoms with E-state index in [1.54, 1.807) is 0 Å². The van der Waals surface area contributed by atoms with Crippen molar-refractivity contribution in [2.45, 2.75) is 13.0 Å². The number of aromatic nitrogens is 2. The quantitative estimate of drug-likeness (QED) is 0.612. The standard InChI is InChI=1S/C13H17N3/c1-3-4-9-14-10-13-15-11-7-5-6-8-12(11)16(13)2/h3,5-8,14H,1,4,9-10H2,2H3. The molecule has 0 unspecified atom stereocenters. The van der Waals surface area contributed by atoms with Gasteiger partial charge in [0, 0.05) is 7.05 Å².